The fraction of sp³-hybridized carbons (Fsp3) is 1.00. The summed E-state index contributed by atoms with van der Waals surface area (Å²) in [5.74, 6) is 1.25. The van der Waals surface area contributed by atoms with Crippen molar-refractivity contribution in [1.82, 2.24) is 10.2 Å². The second-order valence-corrected chi connectivity index (χ2v) is 7.69. The molecule has 0 aromatic rings. The van der Waals surface area contributed by atoms with Crippen LogP contribution in [0, 0.1) is 5.92 Å². The smallest absolute Gasteiger partial charge is 0.151 e. The first kappa shape index (κ1) is 15.9. The second-order valence-electron chi connectivity index (χ2n) is 5.38. The van der Waals surface area contributed by atoms with Crippen molar-refractivity contribution in [1.29, 1.82) is 0 Å². The first-order valence-corrected chi connectivity index (χ1v) is 8.96. The third-order valence-electron chi connectivity index (χ3n) is 3.69. The Morgan fingerprint density at radius 3 is 2.56 bits per heavy atom. The van der Waals surface area contributed by atoms with Crippen molar-refractivity contribution in [2.24, 2.45) is 5.92 Å². The fourth-order valence-corrected chi connectivity index (χ4v) is 4.04. The van der Waals surface area contributed by atoms with Crippen LogP contribution < -0.4 is 5.32 Å². The minimum atomic E-state index is -2.83. The molecule has 2 atom stereocenters. The topological polar surface area (TPSA) is 49.4 Å². The molecule has 1 heterocycles. The van der Waals surface area contributed by atoms with Gasteiger partial charge in [0.25, 0.3) is 0 Å². The van der Waals surface area contributed by atoms with E-state index in [1.807, 2.05) is 6.92 Å². The maximum atomic E-state index is 11.7. The molecule has 1 aliphatic heterocycles. The van der Waals surface area contributed by atoms with Crippen molar-refractivity contribution in [2.75, 3.05) is 37.7 Å². The maximum Gasteiger partial charge on any atom is 0.151 e. The average molecular weight is 276 g/mol. The minimum Gasteiger partial charge on any atom is -0.314 e. The first-order valence-electron chi connectivity index (χ1n) is 7.14. The Morgan fingerprint density at radius 1 is 1.28 bits per heavy atom. The standard InChI is InChI=1S/C13H28N2O2S/c1-4-9-18(16,17)10-8-15-7-6-13(14-5-2)12(3)11-15/h12-14H,4-11H2,1-3H3. The molecule has 0 spiro atoms. The van der Waals surface area contributed by atoms with Gasteiger partial charge in [-0.2, -0.15) is 0 Å². The molecule has 1 rings (SSSR count). The summed E-state index contributed by atoms with van der Waals surface area (Å²) in [6.45, 7) is 10.0. The Bertz CT molecular complexity index is 330. The predicted octanol–water partition coefficient (Wildman–Crippen LogP) is 1.13. The summed E-state index contributed by atoms with van der Waals surface area (Å²) >= 11 is 0. The van der Waals surface area contributed by atoms with Crippen LogP contribution in [0.4, 0.5) is 0 Å². The lowest BCUT2D eigenvalue weighted by atomic mass is 9.94. The highest BCUT2D eigenvalue weighted by Crippen LogP contribution is 2.16. The zero-order chi connectivity index (χ0) is 13.6. The van der Waals surface area contributed by atoms with Gasteiger partial charge in [-0.3, -0.25) is 0 Å². The Morgan fingerprint density at radius 2 is 2.00 bits per heavy atom. The van der Waals surface area contributed by atoms with E-state index in [-0.39, 0.29) is 0 Å². The van der Waals surface area contributed by atoms with Crippen LogP contribution >= 0.6 is 0 Å². The van der Waals surface area contributed by atoms with Crippen molar-refractivity contribution in [2.45, 2.75) is 39.7 Å². The van der Waals surface area contributed by atoms with Gasteiger partial charge in [0.1, 0.15) is 0 Å². The van der Waals surface area contributed by atoms with Crippen LogP contribution in [0.3, 0.4) is 0 Å². The Labute approximate surface area is 112 Å². The number of piperidine rings is 1. The third-order valence-corrected chi connectivity index (χ3v) is 5.52. The van der Waals surface area contributed by atoms with Gasteiger partial charge < -0.3 is 10.2 Å². The third kappa shape index (κ3) is 5.24. The number of nitrogens with zero attached hydrogens (tertiary/aromatic N) is 1. The van der Waals surface area contributed by atoms with Gasteiger partial charge >= 0.3 is 0 Å². The van der Waals surface area contributed by atoms with E-state index in [1.54, 1.807) is 0 Å². The minimum absolute atomic E-state index is 0.319. The van der Waals surface area contributed by atoms with Crippen molar-refractivity contribution < 1.29 is 8.42 Å². The highest BCUT2D eigenvalue weighted by atomic mass is 32.2. The largest absolute Gasteiger partial charge is 0.314 e. The molecule has 108 valence electrons. The van der Waals surface area contributed by atoms with Gasteiger partial charge in [0.15, 0.2) is 9.84 Å². The summed E-state index contributed by atoms with van der Waals surface area (Å²) in [6, 6.07) is 0.596. The summed E-state index contributed by atoms with van der Waals surface area (Å²) < 4.78 is 23.4. The molecule has 1 fully saturated rings. The molecule has 0 bridgehead atoms. The number of rotatable bonds is 7. The van der Waals surface area contributed by atoms with Crippen molar-refractivity contribution in [3.63, 3.8) is 0 Å². The van der Waals surface area contributed by atoms with Crippen LogP contribution in [0.25, 0.3) is 0 Å². The molecule has 0 amide bonds. The summed E-state index contributed by atoms with van der Waals surface area (Å²) in [5.41, 5.74) is 0. The van der Waals surface area contributed by atoms with Crippen LogP contribution in [-0.4, -0.2) is 57.0 Å². The lowest BCUT2D eigenvalue weighted by molar-refractivity contribution is 0.155. The van der Waals surface area contributed by atoms with Crippen molar-refractivity contribution >= 4 is 9.84 Å². The highest BCUT2D eigenvalue weighted by Gasteiger charge is 2.25. The number of nitrogens with one attached hydrogen (secondary N) is 1. The van der Waals surface area contributed by atoms with E-state index in [9.17, 15) is 8.42 Å². The van der Waals surface area contributed by atoms with E-state index in [0.717, 1.165) is 32.5 Å². The van der Waals surface area contributed by atoms with E-state index < -0.39 is 9.84 Å². The molecular formula is C13H28N2O2S. The van der Waals surface area contributed by atoms with Gasteiger partial charge in [0.2, 0.25) is 0 Å². The van der Waals surface area contributed by atoms with Crippen LogP contribution in [0.5, 0.6) is 0 Å². The molecular weight excluding hydrogens is 248 g/mol. The zero-order valence-corrected chi connectivity index (χ0v) is 12.8. The van der Waals surface area contributed by atoms with Gasteiger partial charge in [-0.05, 0) is 31.8 Å². The highest BCUT2D eigenvalue weighted by molar-refractivity contribution is 7.91. The van der Waals surface area contributed by atoms with Crippen molar-refractivity contribution in [3.8, 4) is 0 Å². The van der Waals surface area contributed by atoms with E-state index >= 15 is 0 Å². The normalized spacial score (nSPS) is 26.4. The molecule has 0 radical (unpaired) electrons. The fourth-order valence-electron chi connectivity index (χ4n) is 2.68. The van der Waals surface area contributed by atoms with Crippen molar-refractivity contribution in [3.05, 3.63) is 0 Å². The summed E-state index contributed by atoms with van der Waals surface area (Å²) in [5, 5.41) is 3.50. The molecule has 1 N–H and O–H groups in total. The molecule has 1 aliphatic rings. The SMILES string of the molecule is CCCS(=O)(=O)CCN1CCC(NCC)C(C)C1. The summed E-state index contributed by atoms with van der Waals surface area (Å²) in [4.78, 5) is 2.30. The van der Waals surface area contributed by atoms with Crippen LogP contribution in [-0.2, 0) is 9.84 Å². The number of likely N-dealkylation sites (tertiary alicyclic amines) is 1. The number of sulfone groups is 1. The Balaban J connectivity index is 2.34. The van der Waals surface area contributed by atoms with Gasteiger partial charge in [-0.25, -0.2) is 8.42 Å². The van der Waals surface area contributed by atoms with Gasteiger partial charge in [-0.15, -0.1) is 0 Å². The van der Waals surface area contributed by atoms with Crippen LogP contribution in [0.1, 0.15) is 33.6 Å². The molecule has 2 unspecified atom stereocenters. The average Bonchev–Trinajstić information content (AvgIpc) is 2.30. The second kappa shape index (κ2) is 7.46. The molecule has 1 saturated heterocycles. The Kier molecular flexibility index (Phi) is 6.60. The first-order chi connectivity index (χ1) is 8.48. The lowest BCUT2D eigenvalue weighted by Crippen LogP contribution is -2.49. The van der Waals surface area contributed by atoms with E-state index in [0.29, 0.717) is 30.0 Å². The summed E-state index contributed by atoms with van der Waals surface area (Å²) in [6.07, 6.45) is 1.85. The molecule has 4 nitrogen and oxygen atoms in total. The monoisotopic (exact) mass is 276 g/mol. The van der Waals surface area contributed by atoms with E-state index in [1.165, 1.54) is 0 Å². The van der Waals surface area contributed by atoms with Gasteiger partial charge in [0, 0.05) is 24.9 Å². The van der Waals surface area contributed by atoms with E-state index in [4.69, 9.17) is 0 Å². The van der Waals surface area contributed by atoms with E-state index in [2.05, 4.69) is 24.1 Å². The zero-order valence-electron chi connectivity index (χ0n) is 12.0. The quantitative estimate of drug-likeness (QED) is 0.757. The summed E-state index contributed by atoms with van der Waals surface area (Å²) in [7, 11) is -2.83. The number of hydrogen-bond donors (Lipinski definition) is 1. The number of hydrogen-bond acceptors (Lipinski definition) is 4. The molecule has 0 aromatic carbocycles. The Hall–Kier alpha value is -0.130. The molecule has 0 aliphatic carbocycles. The maximum absolute atomic E-state index is 11.7. The van der Waals surface area contributed by atoms with Gasteiger partial charge in [-0.1, -0.05) is 20.8 Å². The molecule has 0 aromatic heterocycles. The van der Waals surface area contributed by atoms with Crippen LogP contribution in [0.2, 0.25) is 0 Å². The van der Waals surface area contributed by atoms with Gasteiger partial charge in [0.05, 0.1) is 5.75 Å². The molecule has 18 heavy (non-hydrogen) atoms. The lowest BCUT2D eigenvalue weighted by Gasteiger charge is -2.37. The molecule has 0 saturated carbocycles. The predicted molar refractivity (Wildman–Crippen MR) is 76.6 cm³/mol. The molecule has 5 heteroatoms. The van der Waals surface area contributed by atoms with Crippen LogP contribution in [0.15, 0.2) is 0 Å².